The number of hydrogen-bond acceptors (Lipinski definition) is 7. The van der Waals surface area contributed by atoms with Crippen LogP contribution in [0.3, 0.4) is 0 Å². The maximum atomic E-state index is 12.8. The lowest BCUT2D eigenvalue weighted by Crippen LogP contribution is -2.45. The summed E-state index contributed by atoms with van der Waals surface area (Å²) in [6.45, 7) is 6.35. The number of nitrogens with zero attached hydrogens (tertiary/aromatic N) is 3. The number of rotatable bonds is 4. The fourth-order valence-corrected chi connectivity index (χ4v) is 5.03. The van der Waals surface area contributed by atoms with E-state index in [1.165, 1.54) is 0 Å². The van der Waals surface area contributed by atoms with E-state index in [1.54, 1.807) is 13.0 Å². The molecule has 2 aliphatic heterocycles. The molecule has 2 amide bonds. The van der Waals surface area contributed by atoms with Crippen molar-refractivity contribution in [1.82, 2.24) is 19.7 Å². The van der Waals surface area contributed by atoms with Gasteiger partial charge in [0.15, 0.2) is 5.69 Å². The van der Waals surface area contributed by atoms with Gasteiger partial charge in [-0.25, -0.2) is 12.7 Å². The molecule has 2 saturated heterocycles. The van der Waals surface area contributed by atoms with Gasteiger partial charge in [0.2, 0.25) is 10.0 Å². The molecule has 26 heavy (non-hydrogen) atoms. The van der Waals surface area contributed by atoms with Crippen molar-refractivity contribution < 1.29 is 22.5 Å². The number of aromatic nitrogens is 1. The number of aryl methyl sites for hydroxylation is 1. The lowest BCUT2D eigenvalue weighted by Gasteiger charge is -2.25. The molecule has 3 heterocycles. The summed E-state index contributed by atoms with van der Waals surface area (Å²) >= 11 is 0. The second kappa shape index (κ2) is 6.99. The van der Waals surface area contributed by atoms with Gasteiger partial charge in [0.25, 0.3) is 11.8 Å². The van der Waals surface area contributed by atoms with E-state index in [9.17, 15) is 18.0 Å². The second-order valence-corrected chi connectivity index (χ2v) is 9.33. The van der Waals surface area contributed by atoms with Crippen LogP contribution in [0.15, 0.2) is 10.6 Å². The van der Waals surface area contributed by atoms with Gasteiger partial charge in [-0.2, -0.15) is 0 Å². The Balaban J connectivity index is 1.71. The van der Waals surface area contributed by atoms with Gasteiger partial charge in [-0.1, -0.05) is 19.0 Å². The molecule has 0 spiro atoms. The summed E-state index contributed by atoms with van der Waals surface area (Å²) in [5.74, 6) is -0.257. The molecule has 144 valence electrons. The van der Waals surface area contributed by atoms with Crippen LogP contribution in [-0.4, -0.2) is 72.1 Å². The van der Waals surface area contributed by atoms with Gasteiger partial charge in [0.05, 0.1) is 11.8 Å². The van der Waals surface area contributed by atoms with Gasteiger partial charge in [-0.05, 0) is 19.3 Å². The highest BCUT2D eigenvalue weighted by molar-refractivity contribution is 7.89. The molecule has 0 bridgehead atoms. The Morgan fingerprint density at radius 2 is 2.19 bits per heavy atom. The largest absolute Gasteiger partial charge is 0.361 e. The third-order valence-corrected chi connectivity index (χ3v) is 6.33. The molecule has 3 rings (SSSR count). The average molecular weight is 384 g/mol. The van der Waals surface area contributed by atoms with Crippen molar-refractivity contribution in [3.8, 4) is 0 Å². The van der Waals surface area contributed by atoms with Crippen LogP contribution in [0, 0.1) is 12.8 Å². The number of sulfonamides is 1. The summed E-state index contributed by atoms with van der Waals surface area (Å²) < 4.78 is 30.8. The second-order valence-electron chi connectivity index (χ2n) is 7.32. The maximum Gasteiger partial charge on any atom is 0.273 e. The zero-order chi connectivity index (χ0) is 19.1. The number of nitrogens with one attached hydrogen (secondary N) is 1. The quantitative estimate of drug-likeness (QED) is 0.776. The monoisotopic (exact) mass is 384 g/mol. The zero-order valence-electron chi connectivity index (χ0n) is 15.1. The fourth-order valence-electron chi connectivity index (χ4n) is 3.43. The summed E-state index contributed by atoms with van der Waals surface area (Å²) in [6, 6.07) is 0.774. The van der Waals surface area contributed by atoms with E-state index < -0.39 is 22.0 Å². The van der Waals surface area contributed by atoms with Crippen LogP contribution in [0.4, 0.5) is 0 Å². The third kappa shape index (κ3) is 3.75. The Morgan fingerprint density at radius 3 is 2.81 bits per heavy atom. The minimum atomic E-state index is -3.59. The van der Waals surface area contributed by atoms with Crippen LogP contribution < -0.4 is 5.32 Å². The average Bonchev–Trinajstić information content (AvgIpc) is 3.14. The number of carbonyl (C=O) groups is 2. The molecule has 10 heteroatoms. The highest BCUT2D eigenvalue weighted by Crippen LogP contribution is 2.25. The van der Waals surface area contributed by atoms with Gasteiger partial charge in [-0.15, -0.1) is 0 Å². The van der Waals surface area contributed by atoms with Crippen molar-refractivity contribution in [1.29, 1.82) is 0 Å². The number of fused-ring (bicyclic) bond motifs is 1. The molecular formula is C16H24N4O5S. The standard InChI is InChI=1S/C16H24N4O5S/c1-10(2)8-20-16(22)14-7-12(9-19(14)4-5-26(20,23)24)17-15(21)13-6-11(3)25-18-13/h6,10,12,14H,4-5,7-9H2,1-3H3,(H,17,21)/t12-,14-/m0/s1. The van der Waals surface area contributed by atoms with E-state index >= 15 is 0 Å². The van der Waals surface area contributed by atoms with Crippen molar-refractivity contribution in [3.63, 3.8) is 0 Å². The van der Waals surface area contributed by atoms with E-state index in [-0.39, 0.29) is 42.4 Å². The molecule has 1 aromatic rings. The molecule has 0 aromatic carbocycles. The van der Waals surface area contributed by atoms with Gasteiger partial charge in [0, 0.05) is 31.7 Å². The summed E-state index contributed by atoms with van der Waals surface area (Å²) in [7, 11) is -3.59. The van der Waals surface area contributed by atoms with Crippen LogP contribution in [0.25, 0.3) is 0 Å². The molecule has 9 nitrogen and oxygen atoms in total. The Kier molecular flexibility index (Phi) is 5.07. The van der Waals surface area contributed by atoms with Crippen molar-refractivity contribution in [2.45, 2.75) is 39.3 Å². The number of hydrogen-bond donors (Lipinski definition) is 1. The topological polar surface area (TPSA) is 113 Å². The molecule has 0 radical (unpaired) electrons. The van der Waals surface area contributed by atoms with Crippen LogP contribution in [0.1, 0.15) is 36.5 Å². The summed E-state index contributed by atoms with van der Waals surface area (Å²) in [5.41, 5.74) is 0.194. The highest BCUT2D eigenvalue weighted by atomic mass is 32.2. The fraction of sp³-hybridized carbons (Fsp3) is 0.688. The molecule has 0 unspecified atom stereocenters. The molecule has 1 aromatic heterocycles. The molecule has 2 aliphatic rings. The van der Waals surface area contributed by atoms with Gasteiger partial charge >= 0.3 is 0 Å². The first kappa shape index (κ1) is 18.8. The molecule has 0 aliphatic carbocycles. The summed E-state index contributed by atoms with van der Waals surface area (Å²) in [4.78, 5) is 26.9. The highest BCUT2D eigenvalue weighted by Gasteiger charge is 2.45. The lowest BCUT2D eigenvalue weighted by molar-refractivity contribution is -0.130. The number of amides is 2. The first-order chi connectivity index (χ1) is 12.2. The van der Waals surface area contributed by atoms with E-state index in [0.717, 1.165) is 4.31 Å². The van der Waals surface area contributed by atoms with Crippen LogP contribution >= 0.6 is 0 Å². The normalized spacial score (nSPS) is 26.0. The van der Waals surface area contributed by atoms with E-state index in [1.807, 2.05) is 18.7 Å². The van der Waals surface area contributed by atoms with Crippen LogP contribution in [0.2, 0.25) is 0 Å². The molecule has 1 N–H and O–H groups in total. The SMILES string of the molecule is Cc1cc(C(=O)N[C@H]2C[C@H]3C(=O)N(CC(C)C)S(=O)(=O)CCN3C2)no1. The smallest absolute Gasteiger partial charge is 0.273 e. The first-order valence-corrected chi connectivity index (χ1v) is 10.3. The molecular weight excluding hydrogens is 360 g/mol. The summed E-state index contributed by atoms with van der Waals surface area (Å²) in [6.07, 6.45) is 0.380. The van der Waals surface area contributed by atoms with Crippen molar-refractivity contribution in [2.24, 2.45) is 5.92 Å². The van der Waals surface area contributed by atoms with Crippen molar-refractivity contribution >= 4 is 21.8 Å². The number of carbonyl (C=O) groups excluding carboxylic acids is 2. The minimum absolute atomic E-state index is 0.0487. The Morgan fingerprint density at radius 1 is 1.46 bits per heavy atom. The van der Waals surface area contributed by atoms with Gasteiger partial charge < -0.3 is 9.84 Å². The zero-order valence-corrected chi connectivity index (χ0v) is 16.0. The predicted octanol–water partition coefficient (Wildman–Crippen LogP) is -0.0163. The van der Waals surface area contributed by atoms with Crippen LogP contribution in [-0.2, 0) is 14.8 Å². The van der Waals surface area contributed by atoms with Gasteiger partial charge in [-0.3, -0.25) is 14.5 Å². The van der Waals surface area contributed by atoms with E-state index in [0.29, 0.717) is 18.7 Å². The molecule has 2 atom stereocenters. The van der Waals surface area contributed by atoms with E-state index in [4.69, 9.17) is 4.52 Å². The Labute approximate surface area is 152 Å². The van der Waals surface area contributed by atoms with Crippen LogP contribution in [0.5, 0.6) is 0 Å². The Bertz CT molecular complexity index is 803. The lowest BCUT2D eigenvalue weighted by atomic mass is 10.1. The minimum Gasteiger partial charge on any atom is -0.361 e. The van der Waals surface area contributed by atoms with Crippen molar-refractivity contribution in [2.75, 3.05) is 25.4 Å². The van der Waals surface area contributed by atoms with Crippen molar-refractivity contribution in [3.05, 3.63) is 17.5 Å². The third-order valence-electron chi connectivity index (χ3n) is 4.63. The summed E-state index contributed by atoms with van der Waals surface area (Å²) in [5, 5.41) is 6.55. The molecule has 0 saturated carbocycles. The predicted molar refractivity (Wildman–Crippen MR) is 92.8 cm³/mol. The Hall–Kier alpha value is -1.94. The van der Waals surface area contributed by atoms with Gasteiger partial charge in [0.1, 0.15) is 5.76 Å². The van der Waals surface area contributed by atoms with E-state index in [2.05, 4.69) is 10.5 Å². The first-order valence-electron chi connectivity index (χ1n) is 8.70. The maximum absolute atomic E-state index is 12.8. The molecule has 2 fully saturated rings.